The molecule has 0 fully saturated rings. The van der Waals surface area contributed by atoms with E-state index in [2.05, 4.69) is 38.7 Å². The van der Waals surface area contributed by atoms with Gasteiger partial charge in [0.15, 0.2) is 0 Å². The van der Waals surface area contributed by atoms with Gasteiger partial charge in [0.25, 0.3) is 0 Å². The molecule has 0 spiro atoms. The third-order valence-electron chi connectivity index (χ3n) is 5.36. The highest BCUT2D eigenvalue weighted by Crippen LogP contribution is 2.33. The number of carbonyl (C=O) groups is 2. The van der Waals surface area contributed by atoms with Crippen LogP contribution < -0.4 is 16.4 Å². The van der Waals surface area contributed by atoms with Crippen molar-refractivity contribution in [3.05, 3.63) is 57.8 Å². The van der Waals surface area contributed by atoms with Gasteiger partial charge in [-0.15, -0.1) is 0 Å². The van der Waals surface area contributed by atoms with Crippen LogP contribution in [0.15, 0.2) is 40.9 Å². The summed E-state index contributed by atoms with van der Waals surface area (Å²) in [6.45, 7) is 0. The van der Waals surface area contributed by atoms with Crippen LogP contribution in [0.4, 0.5) is 15.8 Å². The van der Waals surface area contributed by atoms with E-state index >= 15 is 0 Å². The van der Waals surface area contributed by atoms with Gasteiger partial charge in [-0.1, -0.05) is 34.8 Å². The molecule has 0 aromatic heterocycles. The van der Waals surface area contributed by atoms with E-state index in [1.807, 2.05) is 6.07 Å². The molecule has 0 radical (unpaired) electrons. The molecular weight excluding hydrogens is 449 g/mol. The molecule has 0 heterocycles. The van der Waals surface area contributed by atoms with Crippen molar-refractivity contribution in [1.82, 2.24) is 5.32 Å². The summed E-state index contributed by atoms with van der Waals surface area (Å²) < 4.78 is 14.1. The van der Waals surface area contributed by atoms with E-state index in [4.69, 9.17) is 5.73 Å². The topological polar surface area (TPSA) is 84.2 Å². The lowest BCUT2D eigenvalue weighted by Gasteiger charge is -2.14. The van der Waals surface area contributed by atoms with Crippen molar-refractivity contribution in [2.45, 2.75) is 57.4 Å². The first-order valence-corrected chi connectivity index (χ1v) is 11.1. The average Bonchev–Trinajstić information content (AvgIpc) is 3.08. The Morgan fingerprint density at radius 2 is 1.77 bits per heavy atom. The Morgan fingerprint density at radius 1 is 1.03 bits per heavy atom. The number of nitrogens with two attached hydrogens (primary N) is 1. The number of amides is 2. The van der Waals surface area contributed by atoms with Crippen LogP contribution in [-0.2, 0) is 16.0 Å². The molecule has 0 bridgehead atoms. The lowest BCUT2D eigenvalue weighted by Crippen LogP contribution is -2.26. The molecule has 7 heteroatoms. The van der Waals surface area contributed by atoms with Gasteiger partial charge in [-0.05, 0) is 67.1 Å². The lowest BCUT2D eigenvalue weighted by molar-refractivity contribution is -0.122. The smallest absolute Gasteiger partial charge is 0.224 e. The SMILES string of the molecule is Nc1cc(F)ccc1NC(=O)CCCCCCC(=O)NC1CCc2cc(Br)ccc21. The third-order valence-corrected chi connectivity index (χ3v) is 5.86. The maximum atomic E-state index is 13.0. The normalized spacial score (nSPS) is 14.9. The molecule has 2 amide bonds. The maximum absolute atomic E-state index is 13.0. The predicted octanol–water partition coefficient (Wildman–Crippen LogP) is 5.25. The van der Waals surface area contributed by atoms with E-state index in [1.54, 1.807) is 0 Å². The quantitative estimate of drug-likeness (QED) is 0.341. The highest BCUT2D eigenvalue weighted by Gasteiger charge is 2.23. The summed E-state index contributed by atoms with van der Waals surface area (Å²) in [5.41, 5.74) is 8.86. The van der Waals surface area contributed by atoms with Crippen LogP contribution in [0.1, 0.15) is 62.1 Å². The Balaban J connectivity index is 1.28. The van der Waals surface area contributed by atoms with Crippen molar-refractivity contribution in [2.24, 2.45) is 0 Å². The summed E-state index contributed by atoms with van der Waals surface area (Å²) in [6, 6.07) is 10.3. The third kappa shape index (κ3) is 6.29. The molecule has 1 atom stereocenters. The number of aryl methyl sites for hydroxylation is 1. The second-order valence-corrected chi connectivity index (χ2v) is 8.61. The van der Waals surface area contributed by atoms with E-state index in [9.17, 15) is 14.0 Å². The van der Waals surface area contributed by atoms with Crippen molar-refractivity contribution in [3.63, 3.8) is 0 Å². The summed E-state index contributed by atoms with van der Waals surface area (Å²) in [5, 5.41) is 5.84. The van der Waals surface area contributed by atoms with Crippen LogP contribution >= 0.6 is 15.9 Å². The number of hydrogen-bond acceptors (Lipinski definition) is 3. The summed E-state index contributed by atoms with van der Waals surface area (Å²) >= 11 is 3.49. The first-order chi connectivity index (χ1) is 14.4. The van der Waals surface area contributed by atoms with Gasteiger partial charge >= 0.3 is 0 Å². The van der Waals surface area contributed by atoms with Crippen molar-refractivity contribution < 1.29 is 14.0 Å². The second-order valence-electron chi connectivity index (χ2n) is 7.70. The Kier molecular flexibility index (Phi) is 7.85. The number of halogens is 2. The van der Waals surface area contributed by atoms with E-state index in [1.165, 1.54) is 29.3 Å². The van der Waals surface area contributed by atoms with Gasteiger partial charge in [0.05, 0.1) is 17.4 Å². The number of hydrogen-bond donors (Lipinski definition) is 3. The Bertz CT molecular complexity index is 919. The van der Waals surface area contributed by atoms with Gasteiger partial charge in [-0.25, -0.2) is 4.39 Å². The molecule has 0 saturated carbocycles. The Hall–Kier alpha value is -2.41. The fraction of sp³-hybridized carbons (Fsp3) is 0.391. The molecule has 5 nitrogen and oxygen atoms in total. The molecule has 2 aromatic carbocycles. The van der Waals surface area contributed by atoms with Gasteiger partial charge in [-0.2, -0.15) is 0 Å². The van der Waals surface area contributed by atoms with Crippen LogP contribution in [0.5, 0.6) is 0 Å². The Labute approximate surface area is 184 Å². The molecule has 0 aliphatic heterocycles. The second kappa shape index (κ2) is 10.6. The summed E-state index contributed by atoms with van der Waals surface area (Å²) in [7, 11) is 0. The van der Waals surface area contributed by atoms with Gasteiger partial charge in [-0.3, -0.25) is 9.59 Å². The van der Waals surface area contributed by atoms with Crippen molar-refractivity contribution in [3.8, 4) is 0 Å². The van der Waals surface area contributed by atoms with E-state index in [0.29, 0.717) is 18.5 Å². The number of benzene rings is 2. The number of nitrogen functional groups attached to an aromatic ring is 1. The fourth-order valence-electron chi connectivity index (χ4n) is 3.79. The average molecular weight is 476 g/mol. The standard InChI is InChI=1S/C23H27BrFN3O2/c24-16-8-10-18-15(13-16)7-11-20(18)27-22(29)5-3-1-2-4-6-23(30)28-21-12-9-17(25)14-19(21)26/h8-10,12-14,20H,1-7,11,26H2,(H,27,29)(H,28,30). The molecule has 1 unspecified atom stereocenters. The van der Waals surface area contributed by atoms with Gasteiger partial charge < -0.3 is 16.4 Å². The first-order valence-electron chi connectivity index (χ1n) is 10.3. The van der Waals surface area contributed by atoms with Crippen LogP contribution in [0.2, 0.25) is 0 Å². The van der Waals surface area contributed by atoms with Crippen molar-refractivity contribution >= 4 is 39.1 Å². The van der Waals surface area contributed by atoms with Crippen molar-refractivity contribution in [2.75, 3.05) is 11.1 Å². The predicted molar refractivity (Wildman–Crippen MR) is 120 cm³/mol. The lowest BCUT2D eigenvalue weighted by atomic mass is 10.1. The zero-order valence-corrected chi connectivity index (χ0v) is 18.4. The van der Waals surface area contributed by atoms with Crippen LogP contribution in [0.25, 0.3) is 0 Å². The van der Waals surface area contributed by atoms with Crippen LogP contribution in [0, 0.1) is 5.82 Å². The zero-order chi connectivity index (χ0) is 21.5. The number of unbranched alkanes of at least 4 members (excludes halogenated alkanes) is 3. The molecule has 30 heavy (non-hydrogen) atoms. The van der Waals surface area contributed by atoms with E-state index < -0.39 is 5.82 Å². The van der Waals surface area contributed by atoms with Crippen molar-refractivity contribution in [1.29, 1.82) is 0 Å². The molecule has 4 N–H and O–H groups in total. The number of nitrogens with one attached hydrogen (secondary N) is 2. The molecular formula is C23H27BrFN3O2. The maximum Gasteiger partial charge on any atom is 0.224 e. The van der Waals surface area contributed by atoms with E-state index in [-0.39, 0.29) is 23.5 Å². The molecule has 2 aromatic rings. The number of carbonyl (C=O) groups excluding carboxylic acids is 2. The summed E-state index contributed by atoms with van der Waals surface area (Å²) in [6.07, 6.45) is 6.12. The first kappa shape index (κ1) is 22.3. The summed E-state index contributed by atoms with van der Waals surface area (Å²) in [5.74, 6) is -0.488. The molecule has 1 aliphatic carbocycles. The molecule has 3 rings (SSSR count). The minimum atomic E-state index is -0.431. The summed E-state index contributed by atoms with van der Waals surface area (Å²) in [4.78, 5) is 24.2. The fourth-order valence-corrected chi connectivity index (χ4v) is 4.20. The number of rotatable bonds is 9. The minimum Gasteiger partial charge on any atom is -0.397 e. The monoisotopic (exact) mass is 475 g/mol. The minimum absolute atomic E-state index is 0.0836. The number of fused-ring (bicyclic) bond motifs is 1. The van der Waals surface area contributed by atoms with E-state index in [0.717, 1.165) is 43.0 Å². The molecule has 0 saturated heterocycles. The van der Waals surface area contributed by atoms with Gasteiger partial charge in [0.1, 0.15) is 5.82 Å². The van der Waals surface area contributed by atoms with Gasteiger partial charge in [0.2, 0.25) is 11.8 Å². The van der Waals surface area contributed by atoms with Crippen LogP contribution in [-0.4, -0.2) is 11.8 Å². The largest absolute Gasteiger partial charge is 0.397 e. The highest BCUT2D eigenvalue weighted by molar-refractivity contribution is 9.10. The highest BCUT2D eigenvalue weighted by atomic mass is 79.9. The van der Waals surface area contributed by atoms with Gasteiger partial charge in [0, 0.05) is 17.3 Å². The molecule has 160 valence electrons. The Morgan fingerprint density at radius 3 is 2.50 bits per heavy atom. The molecule has 1 aliphatic rings. The zero-order valence-electron chi connectivity index (χ0n) is 16.8. The van der Waals surface area contributed by atoms with Crippen LogP contribution in [0.3, 0.4) is 0 Å². The number of anilines is 2.